The van der Waals surface area contributed by atoms with Gasteiger partial charge in [-0.2, -0.15) is 5.10 Å². The van der Waals surface area contributed by atoms with Crippen LogP contribution in [0.15, 0.2) is 0 Å². The molecule has 0 aliphatic carbocycles. The second-order valence-corrected chi connectivity index (χ2v) is 5.99. The highest BCUT2D eigenvalue weighted by molar-refractivity contribution is 5.50. The van der Waals surface area contributed by atoms with Crippen molar-refractivity contribution in [2.45, 2.75) is 53.0 Å². The number of anilines is 1. The summed E-state index contributed by atoms with van der Waals surface area (Å²) in [5.74, 6) is 1.94. The SMILES string of the molecule is CCC(N)Cc1c(C)nn(C)c1N(C)CCC(C)C. The Morgan fingerprint density at radius 3 is 2.53 bits per heavy atom. The summed E-state index contributed by atoms with van der Waals surface area (Å²) in [5.41, 5.74) is 8.54. The standard InChI is InChI=1S/C15H30N4/c1-7-13(16)10-14-12(4)17-19(6)15(14)18(5)9-8-11(2)3/h11,13H,7-10,16H2,1-6H3. The quantitative estimate of drug-likeness (QED) is 0.825. The minimum atomic E-state index is 0.222. The van der Waals surface area contributed by atoms with Crippen molar-refractivity contribution in [1.29, 1.82) is 0 Å². The number of rotatable bonds is 7. The summed E-state index contributed by atoms with van der Waals surface area (Å²) < 4.78 is 1.99. The molecule has 0 radical (unpaired) electrons. The molecule has 19 heavy (non-hydrogen) atoms. The van der Waals surface area contributed by atoms with Gasteiger partial charge in [0.25, 0.3) is 0 Å². The highest BCUT2D eigenvalue weighted by Gasteiger charge is 2.18. The zero-order valence-electron chi connectivity index (χ0n) is 13.4. The average molecular weight is 266 g/mol. The van der Waals surface area contributed by atoms with Crippen molar-refractivity contribution in [2.75, 3.05) is 18.5 Å². The molecule has 0 saturated heterocycles. The number of aryl methyl sites for hydroxylation is 2. The molecule has 0 aromatic carbocycles. The number of hydrogen-bond donors (Lipinski definition) is 1. The molecule has 0 amide bonds. The highest BCUT2D eigenvalue weighted by atomic mass is 15.4. The van der Waals surface area contributed by atoms with Crippen LogP contribution in [0.25, 0.3) is 0 Å². The molecule has 1 atom stereocenters. The molecular formula is C15H30N4. The highest BCUT2D eigenvalue weighted by Crippen LogP contribution is 2.24. The fraction of sp³-hybridized carbons (Fsp3) is 0.800. The van der Waals surface area contributed by atoms with Gasteiger partial charge in [-0.25, -0.2) is 0 Å². The van der Waals surface area contributed by atoms with E-state index in [1.165, 1.54) is 17.8 Å². The van der Waals surface area contributed by atoms with E-state index in [2.05, 4.69) is 44.7 Å². The van der Waals surface area contributed by atoms with Gasteiger partial charge in [0.1, 0.15) is 5.82 Å². The molecule has 0 saturated carbocycles. The van der Waals surface area contributed by atoms with Crippen LogP contribution in [0, 0.1) is 12.8 Å². The minimum Gasteiger partial charge on any atom is -0.360 e. The van der Waals surface area contributed by atoms with E-state index < -0.39 is 0 Å². The summed E-state index contributed by atoms with van der Waals surface area (Å²) >= 11 is 0. The first-order chi connectivity index (χ1) is 8.86. The van der Waals surface area contributed by atoms with Gasteiger partial charge in [0, 0.05) is 32.2 Å². The molecule has 2 N–H and O–H groups in total. The van der Waals surface area contributed by atoms with E-state index in [1.807, 2.05) is 11.7 Å². The van der Waals surface area contributed by atoms with E-state index in [1.54, 1.807) is 0 Å². The summed E-state index contributed by atoms with van der Waals surface area (Å²) in [6.07, 6.45) is 3.11. The smallest absolute Gasteiger partial charge is 0.129 e. The molecule has 1 aromatic heterocycles. The monoisotopic (exact) mass is 266 g/mol. The molecule has 0 fully saturated rings. The van der Waals surface area contributed by atoms with Crippen molar-refractivity contribution in [3.8, 4) is 0 Å². The lowest BCUT2D eigenvalue weighted by Gasteiger charge is -2.23. The molecule has 0 aliphatic heterocycles. The van der Waals surface area contributed by atoms with Crippen molar-refractivity contribution < 1.29 is 0 Å². The van der Waals surface area contributed by atoms with Gasteiger partial charge in [-0.15, -0.1) is 0 Å². The van der Waals surface area contributed by atoms with Gasteiger partial charge >= 0.3 is 0 Å². The van der Waals surface area contributed by atoms with Crippen LogP contribution in [-0.4, -0.2) is 29.4 Å². The van der Waals surface area contributed by atoms with Crippen LogP contribution < -0.4 is 10.6 Å². The van der Waals surface area contributed by atoms with Gasteiger partial charge in [-0.1, -0.05) is 20.8 Å². The topological polar surface area (TPSA) is 47.1 Å². The zero-order chi connectivity index (χ0) is 14.6. The second-order valence-electron chi connectivity index (χ2n) is 5.99. The summed E-state index contributed by atoms with van der Waals surface area (Å²) in [6, 6.07) is 0.222. The fourth-order valence-electron chi connectivity index (χ4n) is 2.37. The Hall–Kier alpha value is -1.03. The Bertz CT molecular complexity index is 395. The zero-order valence-corrected chi connectivity index (χ0v) is 13.4. The van der Waals surface area contributed by atoms with Gasteiger partial charge in [-0.3, -0.25) is 4.68 Å². The van der Waals surface area contributed by atoms with Crippen LogP contribution in [0.1, 0.15) is 44.9 Å². The van der Waals surface area contributed by atoms with E-state index in [-0.39, 0.29) is 6.04 Å². The summed E-state index contributed by atoms with van der Waals surface area (Å²) in [5, 5.41) is 4.57. The predicted octanol–water partition coefficient (Wildman–Crippen LogP) is 2.49. The van der Waals surface area contributed by atoms with Crippen molar-refractivity contribution >= 4 is 5.82 Å². The minimum absolute atomic E-state index is 0.222. The van der Waals surface area contributed by atoms with Crippen molar-refractivity contribution in [3.63, 3.8) is 0 Å². The summed E-state index contributed by atoms with van der Waals surface area (Å²) in [4.78, 5) is 2.32. The van der Waals surface area contributed by atoms with Crippen LogP contribution >= 0.6 is 0 Å². The molecule has 1 aromatic rings. The summed E-state index contributed by atoms with van der Waals surface area (Å²) in [6.45, 7) is 9.80. The normalized spacial score (nSPS) is 13.1. The maximum absolute atomic E-state index is 6.12. The first-order valence-electron chi connectivity index (χ1n) is 7.35. The van der Waals surface area contributed by atoms with E-state index in [9.17, 15) is 0 Å². The van der Waals surface area contributed by atoms with Gasteiger partial charge in [0.05, 0.1) is 5.69 Å². The van der Waals surface area contributed by atoms with Crippen LogP contribution in [0.5, 0.6) is 0 Å². The third kappa shape index (κ3) is 4.23. The van der Waals surface area contributed by atoms with E-state index in [0.29, 0.717) is 0 Å². The molecular weight excluding hydrogens is 236 g/mol. The van der Waals surface area contributed by atoms with E-state index >= 15 is 0 Å². The maximum atomic E-state index is 6.12. The maximum Gasteiger partial charge on any atom is 0.129 e. The third-order valence-electron chi connectivity index (χ3n) is 3.71. The number of nitrogens with two attached hydrogens (primary N) is 1. The van der Waals surface area contributed by atoms with Crippen molar-refractivity contribution in [1.82, 2.24) is 9.78 Å². The molecule has 110 valence electrons. The Morgan fingerprint density at radius 2 is 2.00 bits per heavy atom. The van der Waals surface area contributed by atoms with Gasteiger partial charge in [0.15, 0.2) is 0 Å². The first kappa shape index (κ1) is 16.0. The molecule has 1 heterocycles. The molecule has 1 rings (SSSR count). The molecule has 4 heteroatoms. The largest absolute Gasteiger partial charge is 0.360 e. The van der Waals surface area contributed by atoms with Crippen LogP contribution in [0.2, 0.25) is 0 Å². The van der Waals surface area contributed by atoms with Gasteiger partial charge in [0.2, 0.25) is 0 Å². The van der Waals surface area contributed by atoms with E-state index in [4.69, 9.17) is 5.73 Å². The Kier molecular flexibility index (Phi) is 5.85. The van der Waals surface area contributed by atoms with Crippen LogP contribution in [0.4, 0.5) is 5.82 Å². The lowest BCUT2D eigenvalue weighted by atomic mass is 10.0. The van der Waals surface area contributed by atoms with Gasteiger partial charge < -0.3 is 10.6 Å². The average Bonchev–Trinajstić information content (AvgIpc) is 2.61. The lowest BCUT2D eigenvalue weighted by Crippen LogP contribution is -2.26. The van der Waals surface area contributed by atoms with Crippen LogP contribution in [0.3, 0.4) is 0 Å². The molecule has 4 nitrogen and oxygen atoms in total. The molecule has 0 aliphatic rings. The summed E-state index contributed by atoms with van der Waals surface area (Å²) in [7, 11) is 4.18. The Balaban J connectivity index is 2.91. The Morgan fingerprint density at radius 1 is 1.37 bits per heavy atom. The molecule has 1 unspecified atom stereocenters. The van der Waals surface area contributed by atoms with E-state index in [0.717, 1.165) is 31.0 Å². The molecule has 0 bridgehead atoms. The fourth-order valence-corrected chi connectivity index (χ4v) is 2.37. The second kappa shape index (κ2) is 6.94. The molecule has 0 spiro atoms. The first-order valence-corrected chi connectivity index (χ1v) is 7.35. The van der Waals surface area contributed by atoms with Gasteiger partial charge in [-0.05, 0) is 32.1 Å². The lowest BCUT2D eigenvalue weighted by molar-refractivity contribution is 0.576. The van der Waals surface area contributed by atoms with Crippen molar-refractivity contribution in [3.05, 3.63) is 11.3 Å². The number of nitrogens with zero attached hydrogens (tertiary/aromatic N) is 3. The van der Waals surface area contributed by atoms with Crippen LogP contribution in [-0.2, 0) is 13.5 Å². The Labute approximate surface area is 118 Å². The third-order valence-corrected chi connectivity index (χ3v) is 3.71. The number of hydrogen-bond acceptors (Lipinski definition) is 3. The number of aromatic nitrogens is 2. The predicted molar refractivity (Wildman–Crippen MR) is 82.6 cm³/mol. The van der Waals surface area contributed by atoms with Crippen molar-refractivity contribution in [2.24, 2.45) is 18.7 Å².